The number of aromatic nitrogens is 4. The summed E-state index contributed by atoms with van der Waals surface area (Å²) in [5.41, 5.74) is -2.01. The zero-order valence-electron chi connectivity index (χ0n) is 18.5. The number of allylic oxidation sites excluding steroid dienone is 1. The Kier molecular flexibility index (Phi) is 8.02. The number of carbonyl (C=O) groups excluding carboxylic acids is 1. The number of hydrogen-bond donors (Lipinski definition) is 0. The van der Waals surface area contributed by atoms with Crippen LogP contribution in [-0.4, -0.2) is 44.3 Å². The molecule has 0 radical (unpaired) electrons. The van der Waals surface area contributed by atoms with Gasteiger partial charge in [-0.05, 0) is 41.4 Å². The van der Waals surface area contributed by atoms with E-state index in [2.05, 4.69) is 36.2 Å². The fourth-order valence-corrected chi connectivity index (χ4v) is 3.99. The van der Waals surface area contributed by atoms with E-state index in [0.29, 0.717) is 10.2 Å². The van der Waals surface area contributed by atoms with Crippen molar-refractivity contribution in [3.05, 3.63) is 40.1 Å². The van der Waals surface area contributed by atoms with Crippen molar-refractivity contribution in [3.8, 4) is 11.3 Å². The molecule has 2 aromatic heterocycles. The van der Waals surface area contributed by atoms with E-state index in [9.17, 15) is 31.1 Å². The number of nitrogens with zero attached hydrogens (tertiary/aromatic N) is 5. The summed E-state index contributed by atoms with van der Waals surface area (Å²) in [6.45, 7) is 1.72. The number of carbonyl (C=O) groups is 1. The van der Waals surface area contributed by atoms with Gasteiger partial charge in [0.2, 0.25) is 5.88 Å². The molecule has 0 bridgehead atoms. The van der Waals surface area contributed by atoms with Crippen molar-refractivity contribution < 1.29 is 35.9 Å². The lowest BCUT2D eigenvalue weighted by Gasteiger charge is -2.24. The van der Waals surface area contributed by atoms with Crippen LogP contribution in [0.1, 0.15) is 37.6 Å². The lowest BCUT2D eigenvalue weighted by molar-refractivity contribution is -0.141. The Morgan fingerprint density at radius 3 is 2.46 bits per heavy atom. The van der Waals surface area contributed by atoms with Crippen molar-refractivity contribution in [1.29, 1.82) is 0 Å². The van der Waals surface area contributed by atoms with Crippen LogP contribution in [0.25, 0.3) is 11.3 Å². The van der Waals surface area contributed by atoms with E-state index in [-0.39, 0.29) is 48.8 Å². The smallest absolute Gasteiger partial charge is 0.435 e. The van der Waals surface area contributed by atoms with E-state index < -0.39 is 36.1 Å². The summed E-state index contributed by atoms with van der Waals surface area (Å²) < 4.78 is 85.6. The van der Waals surface area contributed by atoms with Gasteiger partial charge in [0.1, 0.15) is 11.5 Å². The molecule has 0 amide bonds. The van der Waals surface area contributed by atoms with Gasteiger partial charge in [0, 0.05) is 38.4 Å². The van der Waals surface area contributed by atoms with Crippen LogP contribution < -0.4 is 0 Å². The summed E-state index contributed by atoms with van der Waals surface area (Å²) in [5.74, 6) is -1.29. The van der Waals surface area contributed by atoms with Crippen molar-refractivity contribution >= 4 is 27.4 Å². The van der Waals surface area contributed by atoms with Gasteiger partial charge < -0.3 is 4.74 Å². The van der Waals surface area contributed by atoms with Crippen molar-refractivity contribution in [2.75, 3.05) is 6.61 Å². The molecule has 0 saturated carbocycles. The molecule has 190 valence electrons. The highest BCUT2D eigenvalue weighted by Gasteiger charge is 2.41. The third-order valence-electron chi connectivity index (χ3n) is 5.07. The van der Waals surface area contributed by atoms with Gasteiger partial charge in [0.05, 0.1) is 28.0 Å². The molecule has 14 heteroatoms. The molecular formula is C21H20BrF6N5O2. The SMILES string of the molecule is CCOC1=C(Br)C(CC(=O)CCc2ccc(-c3cn(C)nc3C(F)(F)F)nn2)CC(C(F)(F)F)=N1. The van der Waals surface area contributed by atoms with Crippen LogP contribution in [0.2, 0.25) is 0 Å². The average molecular weight is 568 g/mol. The van der Waals surface area contributed by atoms with Crippen molar-refractivity contribution in [3.63, 3.8) is 0 Å². The first kappa shape index (κ1) is 26.8. The molecule has 0 fully saturated rings. The Morgan fingerprint density at radius 2 is 1.89 bits per heavy atom. The number of ether oxygens (including phenoxy) is 1. The van der Waals surface area contributed by atoms with E-state index >= 15 is 0 Å². The van der Waals surface area contributed by atoms with Gasteiger partial charge >= 0.3 is 12.4 Å². The minimum Gasteiger partial charge on any atom is -0.477 e. The fraction of sp³-hybridized carbons (Fsp3) is 0.476. The number of Topliss-reactive ketones (excluding diaryl/α,β-unsaturated/α-hetero) is 1. The first-order chi connectivity index (χ1) is 16.3. The van der Waals surface area contributed by atoms with Crippen molar-refractivity contribution in [2.24, 2.45) is 18.0 Å². The van der Waals surface area contributed by atoms with Crippen LogP contribution >= 0.6 is 15.9 Å². The summed E-state index contributed by atoms with van der Waals surface area (Å²) in [6.07, 6.45) is -8.68. The van der Waals surface area contributed by atoms with E-state index in [4.69, 9.17) is 4.74 Å². The van der Waals surface area contributed by atoms with E-state index in [0.717, 1.165) is 4.68 Å². The summed E-state index contributed by atoms with van der Waals surface area (Å²) in [4.78, 5) is 16.0. The number of aliphatic imine (C=N–C) groups is 1. The third-order valence-corrected chi connectivity index (χ3v) is 6.06. The number of alkyl halides is 6. The maximum Gasteiger partial charge on any atom is 0.435 e. The second-order valence-corrected chi connectivity index (χ2v) is 8.61. The van der Waals surface area contributed by atoms with E-state index in [1.807, 2.05) is 0 Å². The highest BCUT2D eigenvalue weighted by molar-refractivity contribution is 9.11. The molecule has 1 unspecified atom stereocenters. The first-order valence-electron chi connectivity index (χ1n) is 10.4. The predicted octanol–water partition coefficient (Wildman–Crippen LogP) is 5.41. The zero-order valence-corrected chi connectivity index (χ0v) is 20.1. The largest absolute Gasteiger partial charge is 0.477 e. The molecule has 7 nitrogen and oxygen atoms in total. The molecule has 0 aromatic carbocycles. The minimum atomic E-state index is -4.66. The van der Waals surface area contributed by atoms with Gasteiger partial charge in [0.25, 0.3) is 0 Å². The summed E-state index contributed by atoms with van der Waals surface area (Å²) in [7, 11) is 1.35. The summed E-state index contributed by atoms with van der Waals surface area (Å²) >= 11 is 3.21. The predicted molar refractivity (Wildman–Crippen MR) is 116 cm³/mol. The molecule has 35 heavy (non-hydrogen) atoms. The molecular weight excluding hydrogens is 548 g/mol. The molecule has 0 N–H and O–H groups in total. The molecule has 2 aromatic rings. The molecule has 0 saturated heterocycles. The maximum atomic E-state index is 13.2. The summed E-state index contributed by atoms with van der Waals surface area (Å²) in [5, 5.41) is 11.1. The van der Waals surface area contributed by atoms with Crippen molar-refractivity contribution in [2.45, 2.75) is 45.0 Å². The maximum absolute atomic E-state index is 13.2. The highest BCUT2D eigenvalue weighted by Crippen LogP contribution is 2.38. The second kappa shape index (κ2) is 10.5. The highest BCUT2D eigenvalue weighted by atomic mass is 79.9. The van der Waals surface area contributed by atoms with Crippen LogP contribution in [0.4, 0.5) is 26.3 Å². The normalized spacial score (nSPS) is 16.9. The quantitative estimate of drug-likeness (QED) is 0.398. The van der Waals surface area contributed by atoms with Crippen molar-refractivity contribution in [1.82, 2.24) is 20.0 Å². The number of halogens is 7. The first-order valence-corrected chi connectivity index (χ1v) is 11.2. The molecule has 1 atom stereocenters. The van der Waals surface area contributed by atoms with Gasteiger partial charge in [-0.3, -0.25) is 9.48 Å². The number of hydrogen-bond acceptors (Lipinski definition) is 6. The molecule has 3 rings (SSSR count). The standard InChI is InChI=1S/C21H20BrF6N5O2/c1-3-35-19-17(22)11(9-16(29-19)20(23,24)25)8-13(34)6-4-12-5-7-15(31-30-12)14-10-33(2)32-18(14)21(26,27)28/h5,7,10-11H,3-4,6,8-9H2,1-2H3. The van der Waals surface area contributed by atoms with Crippen LogP contribution in [0.3, 0.4) is 0 Å². The third kappa shape index (κ3) is 6.67. The van der Waals surface area contributed by atoms with Gasteiger partial charge in [0.15, 0.2) is 5.69 Å². The Morgan fingerprint density at radius 1 is 1.17 bits per heavy atom. The Hall–Kier alpha value is -2.77. The zero-order chi connectivity index (χ0) is 26.0. The number of rotatable bonds is 8. The number of ketones is 1. The van der Waals surface area contributed by atoms with Gasteiger partial charge in [-0.1, -0.05) is 0 Å². The second-order valence-electron chi connectivity index (χ2n) is 7.76. The number of aryl methyl sites for hydroxylation is 2. The van der Waals surface area contributed by atoms with Crippen LogP contribution in [0.5, 0.6) is 0 Å². The molecule has 1 aliphatic rings. The Labute approximate surface area is 204 Å². The van der Waals surface area contributed by atoms with Crippen LogP contribution in [0, 0.1) is 5.92 Å². The lowest BCUT2D eigenvalue weighted by atomic mass is 9.92. The lowest BCUT2D eigenvalue weighted by Crippen LogP contribution is -2.30. The molecule has 1 aliphatic heterocycles. The fourth-order valence-electron chi connectivity index (χ4n) is 3.46. The monoisotopic (exact) mass is 567 g/mol. The van der Waals surface area contributed by atoms with Crippen LogP contribution in [0.15, 0.2) is 33.7 Å². The average Bonchev–Trinajstić information content (AvgIpc) is 3.17. The molecule has 0 spiro atoms. The minimum absolute atomic E-state index is 0.0285. The van der Waals surface area contributed by atoms with Gasteiger partial charge in [-0.15, -0.1) is 0 Å². The van der Waals surface area contributed by atoms with Crippen LogP contribution in [-0.2, 0) is 29.2 Å². The van der Waals surface area contributed by atoms with E-state index in [1.165, 1.54) is 25.4 Å². The summed E-state index contributed by atoms with van der Waals surface area (Å²) in [6, 6.07) is 2.79. The topological polar surface area (TPSA) is 82.3 Å². The molecule has 0 aliphatic carbocycles. The van der Waals surface area contributed by atoms with Gasteiger partial charge in [-0.25, -0.2) is 4.99 Å². The molecule has 3 heterocycles. The Balaban J connectivity index is 1.65. The van der Waals surface area contributed by atoms with Gasteiger partial charge in [-0.2, -0.15) is 41.6 Å². The Bertz CT molecular complexity index is 1140. The van der Waals surface area contributed by atoms with E-state index in [1.54, 1.807) is 6.92 Å².